The van der Waals surface area contributed by atoms with E-state index >= 15 is 0 Å². The molecule has 0 unspecified atom stereocenters. The summed E-state index contributed by atoms with van der Waals surface area (Å²) >= 11 is 3.23. The van der Waals surface area contributed by atoms with Crippen molar-refractivity contribution in [2.75, 3.05) is 5.32 Å². The van der Waals surface area contributed by atoms with Crippen LogP contribution >= 0.6 is 22.7 Å². The summed E-state index contributed by atoms with van der Waals surface area (Å²) < 4.78 is 0. The molecule has 2 aromatic carbocycles. The number of hydrogen-bond donors (Lipinski definition) is 1. The van der Waals surface area contributed by atoms with E-state index in [-0.39, 0.29) is 5.91 Å². The molecule has 0 aliphatic carbocycles. The molecule has 4 aromatic rings. The average Bonchev–Trinajstić information content (AvgIpc) is 3.40. The standard InChI is InChI=1S/C22H16N2OS2/c25-21(13-12-19-7-4-14-26-19)23-18-10-8-16(9-11-18)20-15-27-22(24-20)17-5-2-1-3-6-17/h1-15H,(H,23,25)/b13-12+. The van der Waals surface area contributed by atoms with Crippen LogP contribution in [-0.2, 0) is 4.79 Å². The Morgan fingerprint density at radius 1 is 0.889 bits per heavy atom. The zero-order valence-electron chi connectivity index (χ0n) is 14.3. The maximum Gasteiger partial charge on any atom is 0.248 e. The van der Waals surface area contributed by atoms with Crippen LogP contribution in [0.4, 0.5) is 5.69 Å². The van der Waals surface area contributed by atoms with E-state index in [1.54, 1.807) is 28.7 Å². The monoisotopic (exact) mass is 388 g/mol. The molecule has 0 radical (unpaired) electrons. The van der Waals surface area contributed by atoms with Gasteiger partial charge in [0, 0.05) is 33.1 Å². The largest absolute Gasteiger partial charge is 0.323 e. The molecular weight excluding hydrogens is 372 g/mol. The number of carbonyl (C=O) groups is 1. The van der Waals surface area contributed by atoms with E-state index in [0.29, 0.717) is 0 Å². The van der Waals surface area contributed by atoms with Gasteiger partial charge in [-0.25, -0.2) is 4.98 Å². The number of anilines is 1. The summed E-state index contributed by atoms with van der Waals surface area (Å²) in [6.07, 6.45) is 3.36. The van der Waals surface area contributed by atoms with Crippen LogP contribution < -0.4 is 5.32 Å². The Labute approximate surface area is 165 Å². The van der Waals surface area contributed by atoms with Gasteiger partial charge in [-0.15, -0.1) is 22.7 Å². The van der Waals surface area contributed by atoms with Gasteiger partial charge in [-0.2, -0.15) is 0 Å². The van der Waals surface area contributed by atoms with Gasteiger partial charge in [0.15, 0.2) is 0 Å². The van der Waals surface area contributed by atoms with Gasteiger partial charge in [-0.3, -0.25) is 4.79 Å². The van der Waals surface area contributed by atoms with Crippen molar-refractivity contribution in [3.8, 4) is 21.8 Å². The SMILES string of the molecule is O=C(/C=C/c1cccs1)Nc1ccc(-c2csc(-c3ccccc3)n2)cc1. The van der Waals surface area contributed by atoms with Crippen LogP contribution in [0.15, 0.2) is 83.6 Å². The van der Waals surface area contributed by atoms with Crippen LogP contribution in [0.3, 0.4) is 0 Å². The second kappa shape index (κ2) is 8.12. The Morgan fingerprint density at radius 2 is 1.70 bits per heavy atom. The quantitative estimate of drug-likeness (QED) is 0.414. The van der Waals surface area contributed by atoms with E-state index in [2.05, 4.69) is 22.8 Å². The second-order valence-corrected chi connectivity index (χ2v) is 7.66. The minimum atomic E-state index is -0.142. The Bertz CT molecular complexity index is 1050. The molecule has 3 nitrogen and oxygen atoms in total. The third-order valence-electron chi connectivity index (χ3n) is 3.92. The Kier molecular flexibility index (Phi) is 5.23. The lowest BCUT2D eigenvalue weighted by atomic mass is 10.1. The fourth-order valence-corrected chi connectivity index (χ4v) is 4.03. The molecule has 5 heteroatoms. The average molecular weight is 389 g/mol. The summed E-state index contributed by atoms with van der Waals surface area (Å²) in [5.41, 5.74) is 3.85. The molecule has 27 heavy (non-hydrogen) atoms. The van der Waals surface area contributed by atoms with Gasteiger partial charge in [0.05, 0.1) is 5.69 Å². The molecule has 1 amide bonds. The Balaban J connectivity index is 1.43. The number of nitrogens with zero attached hydrogens (tertiary/aromatic N) is 1. The molecule has 132 valence electrons. The van der Waals surface area contributed by atoms with Crippen LogP contribution in [0.1, 0.15) is 4.88 Å². The fraction of sp³-hybridized carbons (Fsp3) is 0. The number of carbonyl (C=O) groups excluding carboxylic acids is 1. The van der Waals surface area contributed by atoms with Gasteiger partial charge >= 0.3 is 0 Å². The van der Waals surface area contributed by atoms with Gasteiger partial charge in [0.1, 0.15) is 5.01 Å². The maximum atomic E-state index is 12.0. The first kappa shape index (κ1) is 17.4. The minimum Gasteiger partial charge on any atom is -0.323 e. The van der Waals surface area contributed by atoms with Crippen molar-refractivity contribution in [3.63, 3.8) is 0 Å². The summed E-state index contributed by atoms with van der Waals surface area (Å²) in [5, 5.41) is 7.92. The van der Waals surface area contributed by atoms with Crippen molar-refractivity contribution in [2.45, 2.75) is 0 Å². The highest BCUT2D eigenvalue weighted by molar-refractivity contribution is 7.13. The molecular formula is C22H16N2OS2. The third-order valence-corrected chi connectivity index (χ3v) is 5.64. The number of thiazole rings is 1. The predicted molar refractivity (Wildman–Crippen MR) is 115 cm³/mol. The van der Waals surface area contributed by atoms with E-state index in [1.807, 2.05) is 66.1 Å². The smallest absolute Gasteiger partial charge is 0.248 e. The molecule has 0 bridgehead atoms. The van der Waals surface area contributed by atoms with E-state index in [1.165, 1.54) is 0 Å². The number of benzene rings is 2. The lowest BCUT2D eigenvalue weighted by Gasteiger charge is -2.03. The van der Waals surface area contributed by atoms with Gasteiger partial charge in [-0.05, 0) is 29.7 Å². The van der Waals surface area contributed by atoms with E-state index in [0.717, 1.165) is 32.4 Å². The topological polar surface area (TPSA) is 42.0 Å². The molecule has 2 aromatic heterocycles. The lowest BCUT2D eigenvalue weighted by molar-refractivity contribution is -0.111. The lowest BCUT2D eigenvalue weighted by Crippen LogP contribution is -2.07. The highest BCUT2D eigenvalue weighted by Crippen LogP contribution is 2.29. The molecule has 0 aliphatic heterocycles. The molecule has 0 aliphatic rings. The number of thiophene rings is 1. The number of nitrogens with one attached hydrogen (secondary N) is 1. The molecule has 0 atom stereocenters. The summed E-state index contributed by atoms with van der Waals surface area (Å²) in [6, 6.07) is 21.8. The molecule has 0 saturated carbocycles. The van der Waals surface area contributed by atoms with Crippen molar-refractivity contribution in [2.24, 2.45) is 0 Å². The number of amides is 1. The Hall–Kier alpha value is -3.02. The fourth-order valence-electron chi connectivity index (χ4n) is 2.57. The molecule has 4 rings (SSSR count). The van der Waals surface area contributed by atoms with Crippen LogP contribution in [0.5, 0.6) is 0 Å². The van der Waals surface area contributed by atoms with Crippen molar-refractivity contribution in [1.82, 2.24) is 4.98 Å². The maximum absolute atomic E-state index is 12.0. The van der Waals surface area contributed by atoms with Gasteiger partial charge in [-0.1, -0.05) is 48.5 Å². The van der Waals surface area contributed by atoms with Crippen LogP contribution in [0.25, 0.3) is 27.9 Å². The number of aromatic nitrogens is 1. The number of hydrogen-bond acceptors (Lipinski definition) is 4. The molecule has 0 fully saturated rings. The third kappa shape index (κ3) is 4.39. The second-order valence-electron chi connectivity index (χ2n) is 5.82. The molecule has 0 saturated heterocycles. The first-order valence-corrected chi connectivity index (χ1v) is 10.2. The van der Waals surface area contributed by atoms with Crippen LogP contribution in [0.2, 0.25) is 0 Å². The van der Waals surface area contributed by atoms with Crippen LogP contribution in [0, 0.1) is 0 Å². The van der Waals surface area contributed by atoms with Crippen molar-refractivity contribution < 1.29 is 4.79 Å². The Morgan fingerprint density at radius 3 is 2.44 bits per heavy atom. The van der Waals surface area contributed by atoms with Gasteiger partial charge in [0.2, 0.25) is 5.91 Å². The van der Waals surface area contributed by atoms with Gasteiger partial charge < -0.3 is 5.32 Å². The normalized spacial score (nSPS) is 11.0. The minimum absolute atomic E-state index is 0.142. The van der Waals surface area contributed by atoms with Crippen LogP contribution in [-0.4, -0.2) is 10.9 Å². The van der Waals surface area contributed by atoms with E-state index < -0.39 is 0 Å². The molecule has 0 spiro atoms. The number of rotatable bonds is 5. The van der Waals surface area contributed by atoms with Crippen molar-refractivity contribution in [1.29, 1.82) is 0 Å². The highest BCUT2D eigenvalue weighted by atomic mass is 32.1. The van der Waals surface area contributed by atoms with Gasteiger partial charge in [0.25, 0.3) is 0 Å². The summed E-state index contributed by atoms with van der Waals surface area (Å²) in [7, 11) is 0. The highest BCUT2D eigenvalue weighted by Gasteiger charge is 2.07. The van der Waals surface area contributed by atoms with Crippen molar-refractivity contribution >= 4 is 40.3 Å². The molecule has 1 N–H and O–H groups in total. The first-order valence-electron chi connectivity index (χ1n) is 8.42. The molecule has 2 heterocycles. The zero-order valence-corrected chi connectivity index (χ0v) is 16.0. The zero-order chi connectivity index (χ0) is 18.5. The van der Waals surface area contributed by atoms with E-state index in [4.69, 9.17) is 4.98 Å². The summed E-state index contributed by atoms with van der Waals surface area (Å²) in [6.45, 7) is 0. The predicted octanol–water partition coefficient (Wildman–Crippen LogP) is 6.19. The first-order chi connectivity index (χ1) is 13.3. The van der Waals surface area contributed by atoms with E-state index in [9.17, 15) is 4.79 Å². The van der Waals surface area contributed by atoms with Crippen molar-refractivity contribution in [3.05, 3.63) is 88.4 Å². The summed E-state index contributed by atoms with van der Waals surface area (Å²) in [5.74, 6) is -0.142. The summed E-state index contributed by atoms with van der Waals surface area (Å²) in [4.78, 5) is 17.8.